The molecule has 3 heteroatoms. The predicted molar refractivity (Wildman–Crippen MR) is 247 cm³/mol. The Morgan fingerprint density at radius 1 is 0.267 bits per heavy atom. The molecule has 2 aliphatic rings. The fraction of sp³-hybridized carbons (Fsp3) is 0.105. The average Bonchev–Trinajstić information content (AvgIpc) is 3.60. The molecule has 8 aromatic carbocycles. The molecule has 1 spiro atoms. The molecular weight excluding hydrogens is 727 g/mol. The van der Waals surface area contributed by atoms with Crippen molar-refractivity contribution in [2.45, 2.75) is 37.5 Å². The van der Waals surface area contributed by atoms with Crippen molar-refractivity contribution in [3.63, 3.8) is 0 Å². The van der Waals surface area contributed by atoms with Gasteiger partial charge in [0.05, 0.1) is 0 Å². The van der Waals surface area contributed by atoms with Crippen LogP contribution in [0.25, 0.3) is 89.8 Å². The summed E-state index contributed by atoms with van der Waals surface area (Å²) in [5.74, 6) is 1.94. The van der Waals surface area contributed by atoms with Gasteiger partial charge in [-0.05, 0) is 104 Å². The van der Waals surface area contributed by atoms with Crippen molar-refractivity contribution in [2.75, 3.05) is 0 Å². The molecule has 3 nitrogen and oxygen atoms in total. The van der Waals surface area contributed by atoms with Gasteiger partial charge in [0.1, 0.15) is 0 Å². The van der Waals surface area contributed by atoms with Gasteiger partial charge < -0.3 is 0 Å². The topological polar surface area (TPSA) is 38.7 Å². The third kappa shape index (κ3) is 6.53. The van der Waals surface area contributed by atoms with Crippen LogP contribution in [0, 0.1) is 0 Å². The molecule has 60 heavy (non-hydrogen) atoms. The molecule has 0 radical (unpaired) electrons. The van der Waals surface area contributed by atoms with E-state index in [9.17, 15) is 0 Å². The van der Waals surface area contributed by atoms with E-state index in [1.165, 1.54) is 76.6 Å². The van der Waals surface area contributed by atoms with Gasteiger partial charge in [-0.1, -0.05) is 195 Å². The maximum Gasteiger partial charge on any atom is 0.164 e. The Balaban J connectivity index is 0.902. The number of aromatic nitrogens is 3. The summed E-state index contributed by atoms with van der Waals surface area (Å²) in [7, 11) is 0. The normalized spacial score (nSPS) is 13.8. The Morgan fingerprint density at radius 2 is 0.650 bits per heavy atom. The van der Waals surface area contributed by atoms with Gasteiger partial charge in [0, 0.05) is 22.1 Å². The maximum atomic E-state index is 5.09. The van der Waals surface area contributed by atoms with Crippen LogP contribution in [0.3, 0.4) is 0 Å². The number of benzene rings is 8. The molecule has 0 atom stereocenters. The minimum absolute atomic E-state index is 0.148. The molecule has 1 saturated carbocycles. The summed E-state index contributed by atoms with van der Waals surface area (Å²) in [6, 6.07) is 71.9. The summed E-state index contributed by atoms with van der Waals surface area (Å²) >= 11 is 0. The zero-order chi connectivity index (χ0) is 39.9. The Bertz CT molecular complexity index is 3000. The third-order valence-electron chi connectivity index (χ3n) is 12.7. The molecule has 1 aromatic heterocycles. The number of hydrogen-bond acceptors (Lipinski definition) is 3. The maximum absolute atomic E-state index is 5.09. The monoisotopic (exact) mass is 769 g/mol. The fourth-order valence-electron chi connectivity index (χ4n) is 9.72. The highest BCUT2D eigenvalue weighted by atomic mass is 15.0. The zero-order valence-corrected chi connectivity index (χ0v) is 33.4. The molecule has 0 amide bonds. The fourth-order valence-corrected chi connectivity index (χ4v) is 9.72. The highest BCUT2D eigenvalue weighted by molar-refractivity contribution is 5.85. The second kappa shape index (κ2) is 15.2. The first-order chi connectivity index (χ1) is 29.7. The Labute approximate surface area is 352 Å². The molecule has 0 N–H and O–H groups in total. The second-order valence-corrected chi connectivity index (χ2v) is 16.3. The quantitative estimate of drug-likeness (QED) is 0.162. The molecular formula is C57H43N3. The lowest BCUT2D eigenvalue weighted by Gasteiger charge is -2.36. The van der Waals surface area contributed by atoms with Crippen molar-refractivity contribution in [2.24, 2.45) is 0 Å². The lowest BCUT2D eigenvalue weighted by atomic mass is 9.67. The second-order valence-electron chi connectivity index (χ2n) is 16.3. The van der Waals surface area contributed by atoms with E-state index in [1.54, 1.807) is 0 Å². The lowest BCUT2D eigenvalue weighted by Crippen LogP contribution is -2.28. The minimum Gasteiger partial charge on any atom is -0.208 e. The Morgan fingerprint density at radius 3 is 1.23 bits per heavy atom. The van der Waals surface area contributed by atoms with Gasteiger partial charge in [-0.15, -0.1) is 0 Å². The van der Waals surface area contributed by atoms with E-state index >= 15 is 0 Å². The van der Waals surface area contributed by atoms with E-state index in [0.29, 0.717) is 17.5 Å². The summed E-state index contributed by atoms with van der Waals surface area (Å²) in [6.07, 6.45) is 6.42. The largest absolute Gasteiger partial charge is 0.208 e. The molecule has 0 aliphatic heterocycles. The van der Waals surface area contributed by atoms with Gasteiger partial charge in [0.15, 0.2) is 17.5 Å². The Kier molecular flexibility index (Phi) is 9.08. The Hall–Kier alpha value is -7.23. The molecule has 1 fully saturated rings. The molecule has 9 aromatic rings. The van der Waals surface area contributed by atoms with Gasteiger partial charge in [0.2, 0.25) is 0 Å². The minimum atomic E-state index is 0.148. The predicted octanol–water partition coefficient (Wildman–Crippen LogP) is 14.8. The molecule has 286 valence electrons. The van der Waals surface area contributed by atoms with E-state index in [2.05, 4.69) is 164 Å². The van der Waals surface area contributed by atoms with Crippen LogP contribution in [0.15, 0.2) is 200 Å². The van der Waals surface area contributed by atoms with Crippen LogP contribution in [0.1, 0.15) is 43.2 Å². The summed E-state index contributed by atoms with van der Waals surface area (Å²) in [6.45, 7) is 0. The third-order valence-corrected chi connectivity index (χ3v) is 12.7. The van der Waals surface area contributed by atoms with Crippen molar-refractivity contribution >= 4 is 0 Å². The number of rotatable bonds is 7. The lowest BCUT2D eigenvalue weighted by molar-refractivity contribution is 0.353. The average molecular weight is 770 g/mol. The van der Waals surface area contributed by atoms with Gasteiger partial charge in [-0.3, -0.25) is 0 Å². The summed E-state index contributed by atoms with van der Waals surface area (Å²) in [5, 5.41) is 0. The highest BCUT2D eigenvalue weighted by Gasteiger charge is 2.43. The van der Waals surface area contributed by atoms with Crippen LogP contribution in [-0.2, 0) is 5.41 Å². The van der Waals surface area contributed by atoms with E-state index in [1.807, 2.05) is 36.4 Å². The van der Waals surface area contributed by atoms with Crippen molar-refractivity contribution in [3.8, 4) is 89.8 Å². The zero-order valence-electron chi connectivity index (χ0n) is 33.4. The van der Waals surface area contributed by atoms with Crippen LogP contribution >= 0.6 is 0 Å². The molecule has 0 bridgehead atoms. The molecule has 11 rings (SSSR count). The number of fused-ring (bicyclic) bond motifs is 5. The van der Waals surface area contributed by atoms with Crippen LogP contribution in [0.2, 0.25) is 0 Å². The molecule has 0 saturated heterocycles. The first-order valence-electron chi connectivity index (χ1n) is 21.2. The molecule has 1 heterocycles. The SMILES string of the molecule is c1ccc(-c2cccc(-c3nc(-c4ccccc4)nc(-c4cccc(-c5ccc(-c6cccc(-c7ccc8c(c7)C7(CCCCC7)c7ccccc7-8)c6)cc5)c4)n3)c2)cc1. The van der Waals surface area contributed by atoms with E-state index < -0.39 is 0 Å². The van der Waals surface area contributed by atoms with Gasteiger partial charge in [-0.2, -0.15) is 0 Å². The van der Waals surface area contributed by atoms with E-state index in [-0.39, 0.29) is 5.41 Å². The molecule has 0 unspecified atom stereocenters. The van der Waals surface area contributed by atoms with Crippen molar-refractivity contribution in [1.29, 1.82) is 0 Å². The van der Waals surface area contributed by atoms with E-state index in [0.717, 1.165) is 38.9 Å². The number of hydrogen-bond donors (Lipinski definition) is 0. The van der Waals surface area contributed by atoms with Gasteiger partial charge in [-0.25, -0.2) is 15.0 Å². The van der Waals surface area contributed by atoms with Crippen LogP contribution in [0.4, 0.5) is 0 Å². The van der Waals surface area contributed by atoms with Crippen molar-refractivity contribution in [1.82, 2.24) is 15.0 Å². The van der Waals surface area contributed by atoms with Gasteiger partial charge in [0.25, 0.3) is 0 Å². The standard InChI is InChI=1S/C57H43N3/c1-4-15-39(16-5-1)44-20-13-23-48(36-44)55-58-54(42-17-6-2-7-18-42)59-56(60-55)49-24-14-21-45(37-49)41-29-27-40(28-30-41)43-19-12-22-46(35-43)47-31-32-51-50-25-8-9-26-52(50)57(53(51)38-47)33-10-3-11-34-57/h1-2,4-9,12-32,35-38H,3,10-11,33-34H2. The van der Waals surface area contributed by atoms with E-state index in [4.69, 9.17) is 15.0 Å². The number of nitrogens with zero attached hydrogens (tertiary/aromatic N) is 3. The first kappa shape index (κ1) is 35.9. The smallest absolute Gasteiger partial charge is 0.164 e. The van der Waals surface area contributed by atoms with Crippen LogP contribution in [-0.4, -0.2) is 15.0 Å². The first-order valence-corrected chi connectivity index (χ1v) is 21.2. The summed E-state index contributed by atoms with van der Waals surface area (Å²) in [4.78, 5) is 15.1. The molecule has 2 aliphatic carbocycles. The van der Waals surface area contributed by atoms with Crippen molar-refractivity contribution < 1.29 is 0 Å². The summed E-state index contributed by atoms with van der Waals surface area (Å²) < 4.78 is 0. The van der Waals surface area contributed by atoms with Crippen LogP contribution in [0.5, 0.6) is 0 Å². The van der Waals surface area contributed by atoms with Gasteiger partial charge >= 0.3 is 0 Å². The van der Waals surface area contributed by atoms with Crippen LogP contribution < -0.4 is 0 Å². The highest BCUT2D eigenvalue weighted by Crippen LogP contribution is 2.56. The van der Waals surface area contributed by atoms with Crippen molar-refractivity contribution in [3.05, 3.63) is 211 Å². The summed E-state index contributed by atoms with van der Waals surface area (Å²) in [5.41, 5.74) is 18.4.